The molecule has 0 aliphatic heterocycles. The van der Waals surface area contributed by atoms with Gasteiger partial charge in [-0.25, -0.2) is 4.39 Å². The number of primary amides is 1. The van der Waals surface area contributed by atoms with Crippen LogP contribution in [0.2, 0.25) is 0 Å². The van der Waals surface area contributed by atoms with Crippen LogP contribution in [0.15, 0.2) is 18.2 Å². The SMILES string of the molecule is Cc1cc(F)ccc1CCNCCC(N)=O. The summed E-state index contributed by atoms with van der Waals surface area (Å²) < 4.78 is 12.8. The maximum absolute atomic E-state index is 12.8. The number of benzene rings is 1. The minimum atomic E-state index is -0.300. The molecule has 0 radical (unpaired) electrons. The second kappa shape index (κ2) is 6.23. The Labute approximate surface area is 94.8 Å². The molecule has 1 aromatic rings. The normalized spacial score (nSPS) is 10.4. The Bertz CT molecular complexity index is 366. The van der Waals surface area contributed by atoms with Crippen LogP contribution in [-0.4, -0.2) is 19.0 Å². The molecule has 4 heteroatoms. The van der Waals surface area contributed by atoms with Crippen molar-refractivity contribution in [1.29, 1.82) is 0 Å². The van der Waals surface area contributed by atoms with Crippen molar-refractivity contribution in [2.24, 2.45) is 5.73 Å². The van der Waals surface area contributed by atoms with Crippen LogP contribution < -0.4 is 11.1 Å². The van der Waals surface area contributed by atoms with Crippen LogP contribution in [0, 0.1) is 12.7 Å². The summed E-state index contributed by atoms with van der Waals surface area (Å²) >= 11 is 0. The third-order valence-corrected chi connectivity index (χ3v) is 2.42. The third-order valence-electron chi connectivity index (χ3n) is 2.42. The molecule has 1 rings (SSSR count). The Kier molecular flexibility index (Phi) is 4.92. The second-order valence-corrected chi connectivity index (χ2v) is 3.79. The Morgan fingerprint density at radius 1 is 1.44 bits per heavy atom. The summed E-state index contributed by atoms with van der Waals surface area (Å²) in [5, 5.41) is 3.11. The molecule has 3 nitrogen and oxygen atoms in total. The summed E-state index contributed by atoms with van der Waals surface area (Å²) in [5.74, 6) is -0.506. The summed E-state index contributed by atoms with van der Waals surface area (Å²) in [6, 6.07) is 4.78. The molecule has 0 aliphatic carbocycles. The van der Waals surface area contributed by atoms with E-state index in [2.05, 4.69) is 5.32 Å². The van der Waals surface area contributed by atoms with Crippen molar-refractivity contribution in [3.8, 4) is 0 Å². The lowest BCUT2D eigenvalue weighted by molar-refractivity contribution is -0.117. The maximum atomic E-state index is 12.8. The van der Waals surface area contributed by atoms with Crippen LogP contribution >= 0.6 is 0 Å². The van der Waals surface area contributed by atoms with E-state index in [9.17, 15) is 9.18 Å². The molecule has 1 aromatic carbocycles. The number of hydrogen-bond donors (Lipinski definition) is 2. The van der Waals surface area contributed by atoms with Crippen LogP contribution in [0.5, 0.6) is 0 Å². The lowest BCUT2D eigenvalue weighted by atomic mass is 10.1. The largest absolute Gasteiger partial charge is 0.370 e. The lowest BCUT2D eigenvalue weighted by Crippen LogP contribution is -2.23. The molecular formula is C12H17FN2O. The predicted molar refractivity (Wildman–Crippen MR) is 61.5 cm³/mol. The summed E-state index contributed by atoms with van der Waals surface area (Å²) in [6.45, 7) is 3.25. The van der Waals surface area contributed by atoms with Crippen molar-refractivity contribution in [2.45, 2.75) is 19.8 Å². The van der Waals surface area contributed by atoms with Crippen LogP contribution in [0.3, 0.4) is 0 Å². The monoisotopic (exact) mass is 224 g/mol. The molecule has 3 N–H and O–H groups in total. The molecule has 0 bridgehead atoms. The van der Waals surface area contributed by atoms with Crippen molar-refractivity contribution in [1.82, 2.24) is 5.32 Å². The number of aryl methyl sites for hydroxylation is 1. The van der Waals surface area contributed by atoms with Crippen LogP contribution in [0.1, 0.15) is 17.5 Å². The van der Waals surface area contributed by atoms with E-state index >= 15 is 0 Å². The topological polar surface area (TPSA) is 55.1 Å². The summed E-state index contributed by atoms with van der Waals surface area (Å²) in [5.41, 5.74) is 7.08. The molecule has 0 aromatic heterocycles. The van der Waals surface area contributed by atoms with Gasteiger partial charge in [-0.3, -0.25) is 4.79 Å². The molecule has 0 atom stereocenters. The highest BCUT2D eigenvalue weighted by molar-refractivity contribution is 5.73. The maximum Gasteiger partial charge on any atom is 0.218 e. The zero-order chi connectivity index (χ0) is 12.0. The minimum absolute atomic E-state index is 0.206. The van der Waals surface area contributed by atoms with E-state index in [1.54, 1.807) is 6.07 Å². The van der Waals surface area contributed by atoms with Gasteiger partial charge in [0.1, 0.15) is 5.82 Å². The summed E-state index contributed by atoms with van der Waals surface area (Å²) in [4.78, 5) is 10.5. The molecule has 16 heavy (non-hydrogen) atoms. The van der Waals surface area contributed by atoms with Crippen LogP contribution in [0.4, 0.5) is 4.39 Å². The first kappa shape index (κ1) is 12.6. The summed E-state index contributed by atoms with van der Waals surface area (Å²) in [7, 11) is 0. The standard InChI is InChI=1S/C12H17FN2O/c1-9-8-11(13)3-2-10(9)4-6-15-7-5-12(14)16/h2-3,8,15H,4-7H2,1H3,(H2,14,16). The quantitative estimate of drug-likeness (QED) is 0.712. The van der Waals surface area contributed by atoms with Crippen molar-refractivity contribution in [3.63, 3.8) is 0 Å². The number of halogens is 1. The fraction of sp³-hybridized carbons (Fsp3) is 0.417. The molecule has 0 fully saturated rings. The molecular weight excluding hydrogens is 207 g/mol. The first-order valence-electron chi connectivity index (χ1n) is 5.33. The van der Waals surface area contributed by atoms with Crippen molar-refractivity contribution in [3.05, 3.63) is 35.1 Å². The van der Waals surface area contributed by atoms with Gasteiger partial charge < -0.3 is 11.1 Å². The first-order valence-corrected chi connectivity index (χ1v) is 5.33. The fourth-order valence-electron chi connectivity index (χ4n) is 1.50. The van der Waals surface area contributed by atoms with Gasteiger partial charge in [-0.2, -0.15) is 0 Å². The van der Waals surface area contributed by atoms with E-state index in [0.717, 1.165) is 24.1 Å². The van der Waals surface area contributed by atoms with E-state index in [1.165, 1.54) is 12.1 Å². The number of amides is 1. The highest BCUT2D eigenvalue weighted by Gasteiger charge is 2.00. The fourth-order valence-corrected chi connectivity index (χ4v) is 1.50. The highest BCUT2D eigenvalue weighted by Crippen LogP contribution is 2.10. The minimum Gasteiger partial charge on any atom is -0.370 e. The van der Waals surface area contributed by atoms with Gasteiger partial charge in [0.2, 0.25) is 5.91 Å². The zero-order valence-electron chi connectivity index (χ0n) is 9.42. The van der Waals surface area contributed by atoms with E-state index in [4.69, 9.17) is 5.73 Å². The van der Waals surface area contributed by atoms with E-state index < -0.39 is 0 Å². The second-order valence-electron chi connectivity index (χ2n) is 3.79. The molecule has 0 saturated heterocycles. The number of rotatable bonds is 6. The highest BCUT2D eigenvalue weighted by atomic mass is 19.1. The predicted octanol–water partition coefficient (Wildman–Crippen LogP) is 1.14. The third kappa shape index (κ3) is 4.40. The van der Waals surface area contributed by atoms with Gasteiger partial charge in [-0.05, 0) is 43.1 Å². The molecule has 0 heterocycles. The first-order chi connectivity index (χ1) is 7.59. The molecule has 1 amide bonds. The number of nitrogens with two attached hydrogens (primary N) is 1. The lowest BCUT2D eigenvalue weighted by Gasteiger charge is -2.06. The van der Waals surface area contributed by atoms with Crippen molar-refractivity contribution < 1.29 is 9.18 Å². The Balaban J connectivity index is 2.29. The smallest absolute Gasteiger partial charge is 0.218 e. The molecule has 0 spiro atoms. The Morgan fingerprint density at radius 2 is 2.19 bits per heavy atom. The average Bonchev–Trinajstić information content (AvgIpc) is 2.20. The molecule has 0 unspecified atom stereocenters. The van der Waals surface area contributed by atoms with E-state index in [-0.39, 0.29) is 11.7 Å². The van der Waals surface area contributed by atoms with Crippen molar-refractivity contribution >= 4 is 5.91 Å². The van der Waals surface area contributed by atoms with Crippen molar-refractivity contribution in [2.75, 3.05) is 13.1 Å². The van der Waals surface area contributed by atoms with Gasteiger partial charge in [0.15, 0.2) is 0 Å². The van der Waals surface area contributed by atoms with Crippen LogP contribution in [0.25, 0.3) is 0 Å². The zero-order valence-corrected chi connectivity index (χ0v) is 9.42. The average molecular weight is 224 g/mol. The number of carbonyl (C=O) groups excluding carboxylic acids is 1. The van der Waals surface area contributed by atoms with Gasteiger partial charge in [0.05, 0.1) is 0 Å². The van der Waals surface area contributed by atoms with Gasteiger partial charge >= 0.3 is 0 Å². The van der Waals surface area contributed by atoms with Crippen LogP contribution in [-0.2, 0) is 11.2 Å². The van der Waals surface area contributed by atoms with Gasteiger partial charge in [-0.15, -0.1) is 0 Å². The Morgan fingerprint density at radius 3 is 2.81 bits per heavy atom. The number of hydrogen-bond acceptors (Lipinski definition) is 2. The molecule has 0 saturated carbocycles. The van der Waals surface area contributed by atoms with Gasteiger partial charge in [0, 0.05) is 13.0 Å². The number of nitrogens with one attached hydrogen (secondary N) is 1. The van der Waals surface area contributed by atoms with Gasteiger partial charge in [0.25, 0.3) is 0 Å². The Hall–Kier alpha value is -1.42. The summed E-state index contributed by atoms with van der Waals surface area (Å²) in [6.07, 6.45) is 1.17. The molecule has 0 aliphatic rings. The van der Waals surface area contributed by atoms with Gasteiger partial charge in [-0.1, -0.05) is 6.07 Å². The molecule has 88 valence electrons. The van der Waals surface area contributed by atoms with E-state index in [1.807, 2.05) is 6.92 Å². The van der Waals surface area contributed by atoms with E-state index in [0.29, 0.717) is 13.0 Å². The number of carbonyl (C=O) groups is 1.